The summed E-state index contributed by atoms with van der Waals surface area (Å²) in [6.07, 6.45) is -10.8. The minimum absolute atomic E-state index is 0.104. The van der Waals surface area contributed by atoms with Crippen molar-refractivity contribution in [2.45, 2.75) is 36.6 Å². The van der Waals surface area contributed by atoms with E-state index in [0.29, 0.717) is 0 Å². The fourth-order valence-electron chi connectivity index (χ4n) is 4.76. The fraction of sp³-hybridized carbons (Fsp3) is 0.176. The van der Waals surface area contributed by atoms with Gasteiger partial charge in [-0.1, -0.05) is 72.8 Å². The number of esters is 4. The lowest BCUT2D eigenvalue weighted by Gasteiger charge is -2.45. The molecule has 10 nitrogen and oxygen atoms in total. The standard InChI is InChI=1S/C34H28O10/c35-25-26(36)28(42-32(38)22-15-7-2-8-16-22)30(44-34(40)24-19-11-4-12-20-24)29(43-33(39)23-17-9-3-10-18-23)27(25)41-31(37)21-13-5-1-6-14-21/h1-20,25-30,35-36H/t25-,26+,27+,28-,29-,30-/m1/s1. The lowest BCUT2D eigenvalue weighted by molar-refractivity contribution is -0.223. The van der Waals surface area contributed by atoms with Crippen LogP contribution in [0.15, 0.2) is 121 Å². The predicted octanol–water partition coefficient (Wildman–Crippen LogP) is 3.62. The summed E-state index contributed by atoms with van der Waals surface area (Å²) >= 11 is 0. The molecule has 0 saturated heterocycles. The van der Waals surface area contributed by atoms with Gasteiger partial charge in [0.05, 0.1) is 22.3 Å². The number of aliphatic hydroxyl groups excluding tert-OH is 2. The highest BCUT2D eigenvalue weighted by Gasteiger charge is 2.57. The number of aliphatic hydroxyl groups is 2. The van der Waals surface area contributed by atoms with Crippen LogP contribution in [0, 0.1) is 0 Å². The molecule has 0 heterocycles. The molecule has 0 aliphatic heterocycles. The molecule has 44 heavy (non-hydrogen) atoms. The van der Waals surface area contributed by atoms with E-state index >= 15 is 0 Å². The van der Waals surface area contributed by atoms with E-state index in [0.717, 1.165) is 0 Å². The highest BCUT2D eigenvalue weighted by molar-refractivity contribution is 5.92. The fourth-order valence-corrected chi connectivity index (χ4v) is 4.76. The van der Waals surface area contributed by atoms with Crippen LogP contribution in [0.3, 0.4) is 0 Å². The molecule has 0 aromatic heterocycles. The third kappa shape index (κ3) is 6.83. The summed E-state index contributed by atoms with van der Waals surface area (Å²) < 4.78 is 22.7. The Kier molecular flexibility index (Phi) is 9.43. The van der Waals surface area contributed by atoms with E-state index in [1.807, 2.05) is 0 Å². The number of ether oxygens (including phenoxy) is 4. The van der Waals surface area contributed by atoms with E-state index in [2.05, 4.69) is 0 Å². The van der Waals surface area contributed by atoms with Crippen LogP contribution in [-0.4, -0.2) is 70.7 Å². The molecule has 0 spiro atoms. The van der Waals surface area contributed by atoms with Gasteiger partial charge in [0.15, 0.2) is 24.4 Å². The maximum atomic E-state index is 13.3. The highest BCUT2D eigenvalue weighted by atomic mass is 16.6. The van der Waals surface area contributed by atoms with E-state index in [1.165, 1.54) is 48.5 Å². The Morgan fingerprint density at radius 3 is 0.795 bits per heavy atom. The second-order valence-corrected chi connectivity index (χ2v) is 9.92. The van der Waals surface area contributed by atoms with E-state index in [9.17, 15) is 29.4 Å². The summed E-state index contributed by atoms with van der Waals surface area (Å²) in [4.78, 5) is 52.8. The molecule has 4 aromatic rings. The lowest BCUT2D eigenvalue weighted by atomic mass is 9.84. The zero-order chi connectivity index (χ0) is 31.1. The smallest absolute Gasteiger partial charge is 0.338 e. The maximum Gasteiger partial charge on any atom is 0.338 e. The average molecular weight is 597 g/mol. The Balaban J connectivity index is 1.55. The van der Waals surface area contributed by atoms with Gasteiger partial charge in [0, 0.05) is 0 Å². The molecule has 224 valence electrons. The van der Waals surface area contributed by atoms with Gasteiger partial charge in [-0.2, -0.15) is 0 Å². The van der Waals surface area contributed by atoms with Crippen LogP contribution in [0.5, 0.6) is 0 Å². The number of carbonyl (C=O) groups excluding carboxylic acids is 4. The van der Waals surface area contributed by atoms with Crippen molar-refractivity contribution in [3.63, 3.8) is 0 Å². The predicted molar refractivity (Wildman–Crippen MR) is 155 cm³/mol. The molecule has 5 rings (SSSR count). The molecule has 4 aromatic carbocycles. The van der Waals surface area contributed by atoms with Crippen LogP contribution in [0.2, 0.25) is 0 Å². The summed E-state index contributed by atoms with van der Waals surface area (Å²) in [6.45, 7) is 0. The molecule has 0 amide bonds. The van der Waals surface area contributed by atoms with Crippen molar-refractivity contribution in [3.8, 4) is 0 Å². The van der Waals surface area contributed by atoms with Gasteiger partial charge in [-0.3, -0.25) is 0 Å². The van der Waals surface area contributed by atoms with Crippen LogP contribution in [0.25, 0.3) is 0 Å². The molecule has 0 radical (unpaired) electrons. The van der Waals surface area contributed by atoms with Gasteiger partial charge in [0.2, 0.25) is 0 Å². The molecule has 1 fully saturated rings. The summed E-state index contributed by atoms with van der Waals surface area (Å²) in [7, 11) is 0. The van der Waals surface area contributed by atoms with E-state index in [1.54, 1.807) is 72.8 Å². The van der Waals surface area contributed by atoms with Gasteiger partial charge < -0.3 is 29.2 Å². The summed E-state index contributed by atoms with van der Waals surface area (Å²) in [5.74, 6) is -3.63. The summed E-state index contributed by atoms with van der Waals surface area (Å²) in [5, 5.41) is 22.5. The molecule has 6 atom stereocenters. The van der Waals surface area contributed by atoms with Gasteiger partial charge in [-0.05, 0) is 48.5 Å². The first-order valence-corrected chi connectivity index (χ1v) is 13.7. The van der Waals surface area contributed by atoms with Gasteiger partial charge in [0.1, 0.15) is 12.2 Å². The third-order valence-electron chi connectivity index (χ3n) is 7.00. The Morgan fingerprint density at radius 1 is 0.364 bits per heavy atom. The number of benzene rings is 4. The van der Waals surface area contributed by atoms with E-state index in [4.69, 9.17) is 18.9 Å². The first-order chi connectivity index (χ1) is 21.3. The molecule has 1 saturated carbocycles. The zero-order valence-corrected chi connectivity index (χ0v) is 23.2. The lowest BCUT2D eigenvalue weighted by Crippen LogP contribution is -2.67. The minimum atomic E-state index is -1.93. The van der Waals surface area contributed by atoms with Crippen molar-refractivity contribution in [1.82, 2.24) is 0 Å². The van der Waals surface area contributed by atoms with Gasteiger partial charge in [-0.15, -0.1) is 0 Å². The second kappa shape index (κ2) is 13.8. The first-order valence-electron chi connectivity index (χ1n) is 13.7. The van der Waals surface area contributed by atoms with Crippen LogP contribution in [0.4, 0.5) is 0 Å². The molecule has 0 unspecified atom stereocenters. The Morgan fingerprint density at radius 2 is 0.568 bits per heavy atom. The molecular formula is C34H28O10. The Bertz CT molecular complexity index is 1460. The van der Waals surface area contributed by atoms with Gasteiger partial charge in [0.25, 0.3) is 0 Å². The van der Waals surface area contributed by atoms with Crippen LogP contribution in [-0.2, 0) is 18.9 Å². The Labute approximate surface area is 252 Å². The van der Waals surface area contributed by atoms with Crippen LogP contribution < -0.4 is 0 Å². The van der Waals surface area contributed by atoms with Crippen molar-refractivity contribution in [2.24, 2.45) is 0 Å². The molecule has 10 heteroatoms. The normalized spacial score (nSPS) is 22.7. The van der Waals surface area contributed by atoms with Gasteiger partial charge in [-0.25, -0.2) is 19.2 Å². The largest absolute Gasteiger partial charge is 0.452 e. The molecule has 1 aliphatic carbocycles. The molecule has 0 bridgehead atoms. The van der Waals surface area contributed by atoms with E-state index in [-0.39, 0.29) is 22.3 Å². The SMILES string of the molecule is O=C(O[C@H]1[C@H](OC(=O)c2ccccc2)[C@@H](OC(=O)c2ccccc2)[C@H](O)[C@H](O)[C@H]1OC(=O)c1ccccc1)c1ccccc1. The highest BCUT2D eigenvalue weighted by Crippen LogP contribution is 2.33. The third-order valence-corrected chi connectivity index (χ3v) is 7.00. The molecule has 2 N–H and O–H groups in total. The van der Waals surface area contributed by atoms with Crippen molar-refractivity contribution in [2.75, 3.05) is 0 Å². The van der Waals surface area contributed by atoms with E-state index < -0.39 is 60.5 Å². The van der Waals surface area contributed by atoms with Crippen LogP contribution >= 0.6 is 0 Å². The second-order valence-electron chi connectivity index (χ2n) is 9.92. The molecular weight excluding hydrogens is 568 g/mol. The summed E-state index contributed by atoms with van der Waals surface area (Å²) in [5.41, 5.74) is 0.426. The van der Waals surface area contributed by atoms with Crippen molar-refractivity contribution < 1.29 is 48.3 Å². The number of rotatable bonds is 8. The van der Waals surface area contributed by atoms with Crippen molar-refractivity contribution >= 4 is 23.9 Å². The van der Waals surface area contributed by atoms with Crippen LogP contribution in [0.1, 0.15) is 41.4 Å². The number of hydrogen-bond donors (Lipinski definition) is 2. The topological polar surface area (TPSA) is 146 Å². The maximum absolute atomic E-state index is 13.3. The van der Waals surface area contributed by atoms with Gasteiger partial charge >= 0.3 is 23.9 Å². The zero-order valence-electron chi connectivity index (χ0n) is 23.2. The number of carbonyl (C=O) groups is 4. The van der Waals surface area contributed by atoms with Crippen molar-refractivity contribution in [3.05, 3.63) is 144 Å². The summed E-state index contributed by atoms with van der Waals surface area (Å²) in [6, 6.07) is 31.3. The monoisotopic (exact) mass is 596 g/mol. The number of hydrogen-bond acceptors (Lipinski definition) is 10. The van der Waals surface area contributed by atoms with Crippen molar-refractivity contribution in [1.29, 1.82) is 0 Å². The quantitative estimate of drug-likeness (QED) is 0.228. The minimum Gasteiger partial charge on any atom is -0.452 e. The first kappa shape index (κ1) is 30.1. The molecule has 1 aliphatic rings. The Hall–Kier alpha value is -5.32. The average Bonchev–Trinajstić information content (AvgIpc) is 3.08.